The minimum Gasteiger partial charge on any atom is -0.493 e. The third kappa shape index (κ3) is 3.59. The second-order valence-electron chi connectivity index (χ2n) is 4.04. The second-order valence-corrected chi connectivity index (χ2v) is 4.90. The number of benzene rings is 2. The van der Waals surface area contributed by atoms with Crippen LogP contribution in [0.1, 0.15) is 11.1 Å². The Balaban J connectivity index is 1.91. The molecule has 0 amide bonds. The van der Waals surface area contributed by atoms with Gasteiger partial charge in [0.15, 0.2) is 0 Å². The Labute approximate surface area is 116 Å². The topological polar surface area (TPSA) is 35.2 Å². The van der Waals surface area contributed by atoms with Gasteiger partial charge in [-0.3, -0.25) is 0 Å². The fourth-order valence-corrected chi connectivity index (χ4v) is 2.14. The van der Waals surface area contributed by atoms with Gasteiger partial charge in [0, 0.05) is 17.4 Å². The molecule has 2 aromatic rings. The molecule has 18 heavy (non-hydrogen) atoms. The normalized spacial score (nSPS) is 10.3. The molecule has 94 valence electrons. The molecule has 0 spiro atoms. The van der Waals surface area contributed by atoms with Crippen LogP contribution in [0.15, 0.2) is 53.0 Å². The molecule has 2 aromatic carbocycles. The van der Waals surface area contributed by atoms with E-state index in [2.05, 4.69) is 28.1 Å². The van der Waals surface area contributed by atoms with E-state index in [1.54, 1.807) is 0 Å². The highest BCUT2D eigenvalue weighted by Crippen LogP contribution is 2.22. The van der Waals surface area contributed by atoms with Crippen LogP contribution in [-0.4, -0.2) is 6.61 Å². The SMILES string of the molecule is NCc1cc(OCCc2ccccc2)ccc1Br. The first-order chi connectivity index (χ1) is 8.79. The average molecular weight is 306 g/mol. The van der Waals surface area contributed by atoms with E-state index in [-0.39, 0.29) is 0 Å². The third-order valence-electron chi connectivity index (χ3n) is 2.74. The molecule has 0 radical (unpaired) electrons. The maximum Gasteiger partial charge on any atom is 0.119 e. The van der Waals surface area contributed by atoms with Gasteiger partial charge in [0.05, 0.1) is 6.61 Å². The lowest BCUT2D eigenvalue weighted by atomic mass is 10.2. The van der Waals surface area contributed by atoms with Crippen molar-refractivity contribution in [1.29, 1.82) is 0 Å². The maximum absolute atomic E-state index is 5.73. The standard InChI is InChI=1S/C15H16BrNO/c16-15-7-6-14(10-13(15)11-17)18-9-8-12-4-2-1-3-5-12/h1-7,10H,8-9,11,17H2. The van der Waals surface area contributed by atoms with Gasteiger partial charge < -0.3 is 10.5 Å². The molecule has 2 N–H and O–H groups in total. The molecule has 0 atom stereocenters. The predicted octanol–water partition coefficient (Wildman–Crippen LogP) is 3.53. The molecular weight excluding hydrogens is 290 g/mol. The molecule has 0 bridgehead atoms. The van der Waals surface area contributed by atoms with Crippen LogP contribution in [0.4, 0.5) is 0 Å². The van der Waals surface area contributed by atoms with Gasteiger partial charge in [-0.1, -0.05) is 46.3 Å². The lowest BCUT2D eigenvalue weighted by molar-refractivity contribution is 0.321. The quantitative estimate of drug-likeness (QED) is 0.917. The molecule has 0 fully saturated rings. The number of nitrogens with two attached hydrogens (primary N) is 1. The summed E-state index contributed by atoms with van der Waals surface area (Å²) < 4.78 is 6.76. The zero-order valence-electron chi connectivity index (χ0n) is 10.1. The lowest BCUT2D eigenvalue weighted by Gasteiger charge is -2.08. The van der Waals surface area contributed by atoms with Gasteiger partial charge in [0.25, 0.3) is 0 Å². The number of rotatable bonds is 5. The minimum atomic E-state index is 0.510. The van der Waals surface area contributed by atoms with E-state index in [0.29, 0.717) is 13.2 Å². The fraction of sp³-hybridized carbons (Fsp3) is 0.200. The van der Waals surface area contributed by atoms with Crippen molar-refractivity contribution in [3.63, 3.8) is 0 Å². The van der Waals surface area contributed by atoms with Gasteiger partial charge in [-0.2, -0.15) is 0 Å². The van der Waals surface area contributed by atoms with Gasteiger partial charge in [-0.15, -0.1) is 0 Å². The van der Waals surface area contributed by atoms with Crippen LogP contribution in [0.3, 0.4) is 0 Å². The zero-order chi connectivity index (χ0) is 12.8. The predicted molar refractivity (Wildman–Crippen MR) is 77.7 cm³/mol. The summed E-state index contributed by atoms with van der Waals surface area (Å²) in [6.07, 6.45) is 0.912. The van der Waals surface area contributed by atoms with Crippen LogP contribution in [0.2, 0.25) is 0 Å². The summed E-state index contributed by atoms with van der Waals surface area (Å²) in [6, 6.07) is 16.2. The molecule has 0 aromatic heterocycles. The number of ether oxygens (including phenoxy) is 1. The molecule has 0 saturated heterocycles. The summed E-state index contributed by atoms with van der Waals surface area (Å²) in [6.45, 7) is 1.19. The smallest absolute Gasteiger partial charge is 0.119 e. The first-order valence-corrected chi connectivity index (χ1v) is 6.74. The van der Waals surface area contributed by atoms with Crippen molar-refractivity contribution in [3.05, 3.63) is 64.1 Å². The summed E-state index contributed by atoms with van der Waals surface area (Å²) >= 11 is 3.46. The molecule has 0 heterocycles. The Kier molecular flexibility index (Phi) is 4.79. The van der Waals surface area contributed by atoms with Crippen LogP contribution >= 0.6 is 15.9 Å². The van der Waals surface area contributed by atoms with E-state index in [1.807, 2.05) is 36.4 Å². The van der Waals surface area contributed by atoms with E-state index < -0.39 is 0 Å². The Morgan fingerprint density at radius 2 is 1.83 bits per heavy atom. The highest BCUT2D eigenvalue weighted by atomic mass is 79.9. The number of halogens is 1. The summed E-state index contributed by atoms with van der Waals surface area (Å²) in [5, 5.41) is 0. The Bertz CT molecular complexity index is 499. The van der Waals surface area contributed by atoms with Crippen LogP contribution in [0.5, 0.6) is 5.75 Å². The van der Waals surface area contributed by atoms with Crippen LogP contribution in [-0.2, 0) is 13.0 Å². The van der Waals surface area contributed by atoms with Gasteiger partial charge >= 0.3 is 0 Å². The van der Waals surface area contributed by atoms with Crippen molar-refractivity contribution in [3.8, 4) is 5.75 Å². The highest BCUT2D eigenvalue weighted by molar-refractivity contribution is 9.10. The molecule has 2 rings (SSSR count). The molecule has 0 aliphatic heterocycles. The second kappa shape index (κ2) is 6.57. The number of hydrogen-bond donors (Lipinski definition) is 1. The average Bonchev–Trinajstić information content (AvgIpc) is 2.42. The van der Waals surface area contributed by atoms with E-state index >= 15 is 0 Å². The monoisotopic (exact) mass is 305 g/mol. The summed E-state index contributed by atoms with van der Waals surface area (Å²) in [7, 11) is 0. The van der Waals surface area contributed by atoms with E-state index in [0.717, 1.165) is 22.2 Å². The maximum atomic E-state index is 5.73. The van der Waals surface area contributed by atoms with Crippen LogP contribution in [0, 0.1) is 0 Å². The van der Waals surface area contributed by atoms with Crippen molar-refractivity contribution in [2.75, 3.05) is 6.61 Å². The first-order valence-electron chi connectivity index (χ1n) is 5.95. The highest BCUT2D eigenvalue weighted by Gasteiger charge is 2.01. The van der Waals surface area contributed by atoms with Crippen LogP contribution in [0.25, 0.3) is 0 Å². The first kappa shape index (κ1) is 13.1. The van der Waals surface area contributed by atoms with E-state index in [9.17, 15) is 0 Å². The number of hydrogen-bond acceptors (Lipinski definition) is 2. The molecule has 0 unspecified atom stereocenters. The minimum absolute atomic E-state index is 0.510. The zero-order valence-corrected chi connectivity index (χ0v) is 11.7. The summed E-state index contributed by atoms with van der Waals surface area (Å²) in [4.78, 5) is 0. The van der Waals surface area contributed by atoms with E-state index in [4.69, 9.17) is 10.5 Å². The van der Waals surface area contributed by atoms with Gasteiger partial charge in [-0.25, -0.2) is 0 Å². The van der Waals surface area contributed by atoms with Gasteiger partial charge in [-0.05, 0) is 29.3 Å². The summed E-state index contributed by atoms with van der Waals surface area (Å²) in [5.41, 5.74) is 8.00. The Hall–Kier alpha value is -1.32. The van der Waals surface area contributed by atoms with Gasteiger partial charge in [0.1, 0.15) is 5.75 Å². The van der Waals surface area contributed by atoms with Crippen molar-refractivity contribution < 1.29 is 4.74 Å². The summed E-state index contributed by atoms with van der Waals surface area (Å²) in [5.74, 6) is 0.870. The molecule has 0 aliphatic rings. The van der Waals surface area contributed by atoms with Crippen molar-refractivity contribution in [1.82, 2.24) is 0 Å². The van der Waals surface area contributed by atoms with Crippen LogP contribution < -0.4 is 10.5 Å². The Morgan fingerprint density at radius 3 is 2.56 bits per heavy atom. The molecule has 2 nitrogen and oxygen atoms in total. The molecule has 0 aliphatic carbocycles. The molecular formula is C15H16BrNO. The van der Waals surface area contributed by atoms with Crippen molar-refractivity contribution >= 4 is 15.9 Å². The fourth-order valence-electron chi connectivity index (χ4n) is 1.73. The Morgan fingerprint density at radius 1 is 1.06 bits per heavy atom. The lowest BCUT2D eigenvalue weighted by Crippen LogP contribution is -2.03. The largest absolute Gasteiger partial charge is 0.493 e. The van der Waals surface area contributed by atoms with Crippen molar-refractivity contribution in [2.45, 2.75) is 13.0 Å². The van der Waals surface area contributed by atoms with Gasteiger partial charge in [0.2, 0.25) is 0 Å². The molecule has 0 saturated carbocycles. The third-order valence-corrected chi connectivity index (χ3v) is 3.51. The van der Waals surface area contributed by atoms with Crippen molar-refractivity contribution in [2.24, 2.45) is 5.73 Å². The van der Waals surface area contributed by atoms with E-state index in [1.165, 1.54) is 5.56 Å². The molecule has 3 heteroatoms.